The molecule has 13 heavy (non-hydrogen) atoms. The van der Waals surface area contributed by atoms with Crippen LogP contribution < -0.4 is 0 Å². The van der Waals surface area contributed by atoms with Crippen LogP contribution in [-0.4, -0.2) is 51.4 Å². The van der Waals surface area contributed by atoms with Crippen LogP contribution >= 0.6 is 11.8 Å². The first kappa shape index (κ1) is 10.8. The molecule has 1 aliphatic heterocycles. The fraction of sp³-hybridized carbons (Fsp3) is 0.750. The minimum Gasteiger partial charge on any atom is -0.388 e. The molecule has 0 radical (unpaired) electrons. The molecule has 0 bridgehead atoms. The van der Waals surface area contributed by atoms with Gasteiger partial charge in [-0.05, 0) is 0 Å². The molecule has 1 rings (SSSR count). The van der Waals surface area contributed by atoms with Crippen LogP contribution in [0.4, 0.5) is 0 Å². The molecule has 0 aromatic heterocycles. The largest absolute Gasteiger partial charge is 0.388 e. The monoisotopic (exact) mass is 204 g/mol. The number of aliphatic hydroxyl groups is 3. The Kier molecular flexibility index (Phi) is 4.03. The average molecular weight is 204 g/mol. The summed E-state index contributed by atoms with van der Waals surface area (Å²) in [6.45, 7) is 0.0282. The van der Waals surface area contributed by atoms with Gasteiger partial charge in [-0.2, -0.15) is 0 Å². The standard InChI is InChI=1S/C8H12O4S/c1-2-3-13-8-7(11)6(10)5(9)4-12-8/h1,5-11H,3-4H2/t5-,6+,7-,8?/m1/s1. The molecule has 0 aromatic rings. The van der Waals surface area contributed by atoms with E-state index in [9.17, 15) is 10.2 Å². The molecule has 1 saturated heterocycles. The van der Waals surface area contributed by atoms with Gasteiger partial charge in [0.25, 0.3) is 0 Å². The molecule has 1 fully saturated rings. The van der Waals surface area contributed by atoms with Crippen molar-refractivity contribution in [1.29, 1.82) is 0 Å². The van der Waals surface area contributed by atoms with E-state index in [0.717, 1.165) is 0 Å². The second-order valence-corrected chi connectivity index (χ2v) is 3.85. The van der Waals surface area contributed by atoms with Crippen molar-refractivity contribution >= 4 is 11.8 Å². The lowest BCUT2D eigenvalue weighted by Crippen LogP contribution is -2.51. The molecule has 0 amide bonds. The van der Waals surface area contributed by atoms with E-state index in [1.807, 2.05) is 0 Å². The van der Waals surface area contributed by atoms with Crippen LogP contribution in [0.5, 0.6) is 0 Å². The highest BCUT2D eigenvalue weighted by molar-refractivity contribution is 8.00. The lowest BCUT2D eigenvalue weighted by molar-refractivity contribution is -0.161. The lowest BCUT2D eigenvalue weighted by atomic mass is 10.1. The number of rotatable bonds is 2. The van der Waals surface area contributed by atoms with Crippen molar-refractivity contribution in [3.05, 3.63) is 0 Å². The van der Waals surface area contributed by atoms with E-state index in [1.54, 1.807) is 0 Å². The van der Waals surface area contributed by atoms with Crippen LogP contribution in [0, 0.1) is 12.3 Å². The van der Waals surface area contributed by atoms with Crippen LogP contribution in [0.15, 0.2) is 0 Å². The molecule has 0 aromatic carbocycles. The molecule has 3 N–H and O–H groups in total. The lowest BCUT2D eigenvalue weighted by Gasteiger charge is -2.34. The Morgan fingerprint density at radius 1 is 1.38 bits per heavy atom. The third kappa shape index (κ3) is 2.59. The van der Waals surface area contributed by atoms with E-state index >= 15 is 0 Å². The second-order valence-electron chi connectivity index (χ2n) is 2.77. The van der Waals surface area contributed by atoms with Gasteiger partial charge >= 0.3 is 0 Å². The van der Waals surface area contributed by atoms with Gasteiger partial charge < -0.3 is 20.1 Å². The minimum atomic E-state index is -1.15. The summed E-state index contributed by atoms with van der Waals surface area (Å²) in [7, 11) is 0. The van der Waals surface area contributed by atoms with Crippen LogP contribution in [0.25, 0.3) is 0 Å². The van der Waals surface area contributed by atoms with E-state index in [1.165, 1.54) is 11.8 Å². The van der Waals surface area contributed by atoms with E-state index in [2.05, 4.69) is 5.92 Å². The Morgan fingerprint density at radius 2 is 2.08 bits per heavy atom. The van der Waals surface area contributed by atoms with Crippen molar-refractivity contribution in [2.75, 3.05) is 12.4 Å². The number of hydrogen-bond acceptors (Lipinski definition) is 5. The SMILES string of the molecule is C#CCSC1OC[C@@H](O)[C@H](O)[C@H]1O. The van der Waals surface area contributed by atoms with E-state index in [-0.39, 0.29) is 6.61 Å². The van der Waals surface area contributed by atoms with Crippen LogP contribution in [0.2, 0.25) is 0 Å². The summed E-state index contributed by atoms with van der Waals surface area (Å²) in [5.74, 6) is 2.80. The molecule has 1 heterocycles. The number of thioether (sulfide) groups is 1. The summed E-state index contributed by atoms with van der Waals surface area (Å²) in [6, 6.07) is 0. The minimum absolute atomic E-state index is 0.0282. The molecular weight excluding hydrogens is 192 g/mol. The Labute approximate surface area is 80.9 Å². The third-order valence-corrected chi connectivity index (χ3v) is 2.86. The maximum absolute atomic E-state index is 9.41. The highest BCUT2D eigenvalue weighted by atomic mass is 32.2. The first-order valence-corrected chi connectivity index (χ1v) is 4.92. The summed E-state index contributed by atoms with van der Waals surface area (Å²) in [5, 5.41) is 27.8. The van der Waals surface area contributed by atoms with Crippen LogP contribution in [-0.2, 0) is 4.74 Å². The molecular formula is C8H12O4S. The van der Waals surface area contributed by atoms with Gasteiger partial charge in [-0.15, -0.1) is 18.2 Å². The van der Waals surface area contributed by atoms with Crippen molar-refractivity contribution in [1.82, 2.24) is 0 Å². The van der Waals surface area contributed by atoms with Gasteiger partial charge in [0, 0.05) is 0 Å². The summed E-state index contributed by atoms with van der Waals surface area (Å²) in [4.78, 5) is 0. The maximum Gasteiger partial charge on any atom is 0.132 e. The number of terminal acetylenes is 1. The van der Waals surface area contributed by atoms with Crippen molar-refractivity contribution in [3.8, 4) is 12.3 Å². The van der Waals surface area contributed by atoms with Crippen molar-refractivity contribution in [2.24, 2.45) is 0 Å². The van der Waals surface area contributed by atoms with Crippen LogP contribution in [0.1, 0.15) is 0 Å². The molecule has 0 aliphatic carbocycles. The molecule has 1 aliphatic rings. The Hall–Kier alpha value is -0.250. The zero-order chi connectivity index (χ0) is 9.84. The molecule has 74 valence electrons. The molecule has 5 heteroatoms. The average Bonchev–Trinajstić information content (AvgIpc) is 2.13. The van der Waals surface area contributed by atoms with Gasteiger partial charge in [-0.3, -0.25) is 0 Å². The first-order valence-electron chi connectivity index (χ1n) is 3.87. The summed E-state index contributed by atoms with van der Waals surface area (Å²) in [5.41, 5.74) is -0.547. The van der Waals surface area contributed by atoms with Crippen molar-refractivity contribution in [2.45, 2.75) is 23.7 Å². The second kappa shape index (κ2) is 4.84. The van der Waals surface area contributed by atoms with Gasteiger partial charge in [0.15, 0.2) is 0 Å². The normalized spacial score (nSPS) is 39.8. The number of ether oxygens (including phenoxy) is 1. The van der Waals surface area contributed by atoms with Gasteiger partial charge in [-0.1, -0.05) is 5.92 Å². The summed E-state index contributed by atoms with van der Waals surface area (Å²) < 4.78 is 5.08. The molecule has 4 atom stereocenters. The van der Waals surface area contributed by atoms with Crippen LogP contribution in [0.3, 0.4) is 0 Å². The third-order valence-electron chi connectivity index (χ3n) is 1.79. The highest BCUT2D eigenvalue weighted by Gasteiger charge is 2.37. The molecule has 0 saturated carbocycles. The molecule has 1 unspecified atom stereocenters. The Balaban J connectivity index is 2.45. The number of aliphatic hydroxyl groups excluding tert-OH is 3. The fourth-order valence-electron chi connectivity index (χ4n) is 1.06. The zero-order valence-electron chi connectivity index (χ0n) is 6.96. The first-order chi connectivity index (χ1) is 6.16. The van der Waals surface area contributed by atoms with Gasteiger partial charge in [0.1, 0.15) is 23.7 Å². The van der Waals surface area contributed by atoms with E-state index < -0.39 is 23.7 Å². The smallest absolute Gasteiger partial charge is 0.132 e. The van der Waals surface area contributed by atoms with E-state index in [0.29, 0.717) is 5.75 Å². The zero-order valence-corrected chi connectivity index (χ0v) is 7.78. The Bertz CT molecular complexity index is 203. The predicted octanol–water partition coefficient (Wildman–Crippen LogP) is -1.21. The summed E-state index contributed by atoms with van der Waals surface area (Å²) in [6.07, 6.45) is 1.79. The van der Waals surface area contributed by atoms with Gasteiger partial charge in [-0.25, -0.2) is 0 Å². The fourth-order valence-corrected chi connectivity index (χ4v) is 1.85. The maximum atomic E-state index is 9.41. The van der Waals surface area contributed by atoms with Crippen molar-refractivity contribution < 1.29 is 20.1 Å². The number of hydrogen-bond donors (Lipinski definition) is 3. The highest BCUT2D eigenvalue weighted by Crippen LogP contribution is 2.24. The molecule has 0 spiro atoms. The quantitative estimate of drug-likeness (QED) is 0.492. The summed E-state index contributed by atoms with van der Waals surface area (Å²) >= 11 is 1.23. The predicted molar refractivity (Wildman–Crippen MR) is 49.1 cm³/mol. The van der Waals surface area contributed by atoms with E-state index in [4.69, 9.17) is 16.3 Å². The Morgan fingerprint density at radius 3 is 2.69 bits per heavy atom. The molecule has 4 nitrogen and oxygen atoms in total. The topological polar surface area (TPSA) is 69.9 Å². The van der Waals surface area contributed by atoms with Crippen molar-refractivity contribution in [3.63, 3.8) is 0 Å². The van der Waals surface area contributed by atoms with Gasteiger partial charge in [0.05, 0.1) is 12.4 Å². The van der Waals surface area contributed by atoms with Gasteiger partial charge in [0.2, 0.25) is 0 Å².